The molecular weight excluding hydrogens is 478 g/mol. The molecular formula is C24H32BrNO4S. The van der Waals surface area contributed by atoms with Crippen LogP contribution in [0.1, 0.15) is 39.2 Å². The zero-order valence-electron chi connectivity index (χ0n) is 18.5. The summed E-state index contributed by atoms with van der Waals surface area (Å²) < 4.78 is 40.6. The van der Waals surface area contributed by atoms with E-state index in [1.54, 1.807) is 18.2 Å². The Hall–Kier alpha value is -1.57. The van der Waals surface area contributed by atoms with E-state index in [-0.39, 0.29) is 10.8 Å². The van der Waals surface area contributed by atoms with Crippen LogP contribution in [-0.2, 0) is 21.2 Å². The molecule has 2 aromatic rings. The quantitative estimate of drug-likeness (QED) is 0.437. The van der Waals surface area contributed by atoms with Gasteiger partial charge in [0.1, 0.15) is 5.75 Å². The first-order valence-electron chi connectivity index (χ1n) is 10.9. The normalized spacial score (nSPS) is 15.3. The molecule has 1 heterocycles. The third kappa shape index (κ3) is 6.24. The van der Waals surface area contributed by atoms with Gasteiger partial charge in [0.25, 0.3) is 10.0 Å². The highest BCUT2D eigenvalue weighted by Gasteiger charge is 2.27. The summed E-state index contributed by atoms with van der Waals surface area (Å²) >= 11 is 3.51. The predicted molar refractivity (Wildman–Crippen MR) is 128 cm³/mol. The van der Waals surface area contributed by atoms with Crippen LogP contribution in [0.4, 0.5) is 5.69 Å². The number of nitrogens with zero attached hydrogens (tertiary/aromatic N) is 1. The van der Waals surface area contributed by atoms with Crippen LogP contribution < -0.4 is 9.04 Å². The number of rotatable bonds is 9. The Morgan fingerprint density at radius 2 is 1.81 bits per heavy atom. The molecule has 7 heteroatoms. The Morgan fingerprint density at radius 3 is 2.39 bits per heavy atom. The maximum Gasteiger partial charge on any atom is 0.264 e. The van der Waals surface area contributed by atoms with Gasteiger partial charge in [-0.3, -0.25) is 4.31 Å². The average molecular weight is 510 g/mol. The van der Waals surface area contributed by atoms with Crippen molar-refractivity contribution in [1.29, 1.82) is 0 Å². The van der Waals surface area contributed by atoms with E-state index in [4.69, 9.17) is 9.47 Å². The lowest BCUT2D eigenvalue weighted by atomic mass is 10.0. The molecule has 31 heavy (non-hydrogen) atoms. The first-order valence-corrected chi connectivity index (χ1v) is 13.2. The standard InChI is InChI=1S/C24H32BrNO4S/c1-4-19-5-7-21(8-6-19)26(16-18(2)3)31(27,28)22-9-10-24(23(25)15-22)30-17-20-11-13-29-14-12-20/h5-10,15,18,20H,4,11-14,16-17H2,1-3H3. The summed E-state index contributed by atoms with van der Waals surface area (Å²) in [5.74, 6) is 1.32. The van der Waals surface area contributed by atoms with Gasteiger partial charge in [-0.2, -0.15) is 0 Å². The fraction of sp³-hybridized carbons (Fsp3) is 0.500. The summed E-state index contributed by atoms with van der Waals surface area (Å²) in [6, 6.07) is 12.8. The first kappa shape index (κ1) is 24.1. The van der Waals surface area contributed by atoms with Crippen molar-refractivity contribution in [1.82, 2.24) is 0 Å². The van der Waals surface area contributed by atoms with Crippen LogP contribution in [0.25, 0.3) is 0 Å². The van der Waals surface area contributed by atoms with Gasteiger partial charge in [0.15, 0.2) is 0 Å². The van der Waals surface area contributed by atoms with Gasteiger partial charge in [0.2, 0.25) is 0 Å². The molecule has 0 atom stereocenters. The number of benzene rings is 2. The van der Waals surface area contributed by atoms with Crippen LogP contribution in [0.2, 0.25) is 0 Å². The summed E-state index contributed by atoms with van der Waals surface area (Å²) in [6.07, 6.45) is 2.90. The van der Waals surface area contributed by atoms with Crippen molar-refractivity contribution < 1.29 is 17.9 Å². The van der Waals surface area contributed by atoms with E-state index < -0.39 is 10.0 Å². The van der Waals surface area contributed by atoms with Crippen LogP contribution in [0, 0.1) is 11.8 Å². The number of ether oxygens (including phenoxy) is 2. The fourth-order valence-corrected chi connectivity index (χ4v) is 5.88. The molecule has 3 rings (SSSR count). The van der Waals surface area contributed by atoms with Crippen molar-refractivity contribution in [3.05, 3.63) is 52.5 Å². The average Bonchev–Trinajstić information content (AvgIpc) is 2.77. The molecule has 0 aromatic heterocycles. The van der Waals surface area contributed by atoms with Gasteiger partial charge in [0.05, 0.1) is 21.7 Å². The Morgan fingerprint density at radius 1 is 1.13 bits per heavy atom. The van der Waals surface area contributed by atoms with Gasteiger partial charge < -0.3 is 9.47 Å². The van der Waals surface area contributed by atoms with E-state index in [1.807, 2.05) is 38.1 Å². The maximum atomic E-state index is 13.5. The van der Waals surface area contributed by atoms with E-state index in [2.05, 4.69) is 22.9 Å². The lowest BCUT2D eigenvalue weighted by molar-refractivity contribution is 0.0496. The minimum absolute atomic E-state index is 0.186. The second kappa shape index (κ2) is 10.8. The van der Waals surface area contributed by atoms with Gasteiger partial charge in [-0.25, -0.2) is 8.42 Å². The molecule has 0 radical (unpaired) electrons. The zero-order chi connectivity index (χ0) is 22.4. The summed E-state index contributed by atoms with van der Waals surface area (Å²) in [6.45, 7) is 8.69. The number of hydrogen-bond donors (Lipinski definition) is 0. The minimum Gasteiger partial charge on any atom is -0.492 e. The zero-order valence-corrected chi connectivity index (χ0v) is 20.9. The van der Waals surface area contributed by atoms with E-state index in [1.165, 1.54) is 9.87 Å². The Labute approximate surface area is 194 Å². The Kier molecular flexibility index (Phi) is 8.42. The van der Waals surface area contributed by atoms with Crippen molar-refractivity contribution in [2.45, 2.75) is 44.9 Å². The molecule has 1 aliphatic heterocycles. The molecule has 1 aliphatic rings. The molecule has 0 amide bonds. The van der Waals surface area contributed by atoms with Crippen LogP contribution in [0.15, 0.2) is 51.8 Å². The van der Waals surface area contributed by atoms with E-state index in [0.29, 0.717) is 35.0 Å². The van der Waals surface area contributed by atoms with Gasteiger partial charge in [0, 0.05) is 19.8 Å². The number of sulfonamides is 1. The van der Waals surface area contributed by atoms with Crippen LogP contribution in [-0.4, -0.2) is 34.8 Å². The van der Waals surface area contributed by atoms with Crippen molar-refractivity contribution in [2.24, 2.45) is 11.8 Å². The third-order valence-electron chi connectivity index (χ3n) is 5.47. The van der Waals surface area contributed by atoms with Gasteiger partial charge in [-0.05, 0) is 82.9 Å². The van der Waals surface area contributed by atoms with Gasteiger partial charge >= 0.3 is 0 Å². The number of hydrogen-bond acceptors (Lipinski definition) is 4. The SMILES string of the molecule is CCc1ccc(N(CC(C)C)S(=O)(=O)c2ccc(OCC3CCOCC3)c(Br)c2)cc1. The van der Waals surface area contributed by atoms with E-state index in [9.17, 15) is 8.42 Å². The molecule has 5 nitrogen and oxygen atoms in total. The molecule has 0 unspecified atom stereocenters. The van der Waals surface area contributed by atoms with Crippen molar-refractivity contribution >= 4 is 31.6 Å². The minimum atomic E-state index is -3.71. The summed E-state index contributed by atoms with van der Waals surface area (Å²) in [5.41, 5.74) is 1.86. The topological polar surface area (TPSA) is 55.8 Å². The molecule has 0 saturated carbocycles. The lowest BCUT2D eigenvalue weighted by Crippen LogP contribution is -2.34. The number of anilines is 1. The molecule has 0 bridgehead atoms. The monoisotopic (exact) mass is 509 g/mol. The van der Waals surface area contributed by atoms with Crippen molar-refractivity contribution in [3.8, 4) is 5.75 Å². The van der Waals surface area contributed by atoms with Crippen molar-refractivity contribution in [2.75, 3.05) is 30.7 Å². The van der Waals surface area contributed by atoms with Crippen LogP contribution in [0.5, 0.6) is 5.75 Å². The molecule has 1 saturated heterocycles. The predicted octanol–water partition coefficient (Wildman–Crippen LogP) is 5.67. The highest BCUT2D eigenvalue weighted by atomic mass is 79.9. The van der Waals surface area contributed by atoms with E-state index >= 15 is 0 Å². The Bertz CT molecular complexity index is 954. The molecule has 0 N–H and O–H groups in total. The van der Waals surface area contributed by atoms with E-state index in [0.717, 1.165) is 32.5 Å². The summed E-state index contributed by atoms with van der Waals surface area (Å²) in [7, 11) is -3.71. The number of halogens is 1. The molecule has 0 spiro atoms. The van der Waals surface area contributed by atoms with Gasteiger partial charge in [-0.1, -0.05) is 32.9 Å². The third-order valence-corrected chi connectivity index (χ3v) is 7.88. The second-order valence-corrected chi connectivity index (χ2v) is 11.1. The van der Waals surface area contributed by atoms with Crippen LogP contribution in [0.3, 0.4) is 0 Å². The molecule has 2 aromatic carbocycles. The largest absolute Gasteiger partial charge is 0.492 e. The molecule has 0 aliphatic carbocycles. The lowest BCUT2D eigenvalue weighted by Gasteiger charge is -2.27. The fourth-order valence-electron chi connectivity index (χ4n) is 3.58. The summed E-state index contributed by atoms with van der Waals surface area (Å²) in [5, 5.41) is 0. The molecule has 170 valence electrons. The summed E-state index contributed by atoms with van der Waals surface area (Å²) in [4.78, 5) is 0.248. The first-order chi connectivity index (χ1) is 14.8. The highest BCUT2D eigenvalue weighted by Crippen LogP contribution is 2.32. The van der Waals surface area contributed by atoms with Crippen molar-refractivity contribution in [3.63, 3.8) is 0 Å². The highest BCUT2D eigenvalue weighted by molar-refractivity contribution is 9.10. The Balaban J connectivity index is 1.82. The maximum absolute atomic E-state index is 13.5. The number of aryl methyl sites for hydroxylation is 1. The van der Waals surface area contributed by atoms with Gasteiger partial charge in [-0.15, -0.1) is 0 Å². The van der Waals surface area contributed by atoms with Crippen LogP contribution >= 0.6 is 15.9 Å². The second-order valence-electron chi connectivity index (χ2n) is 8.41. The smallest absolute Gasteiger partial charge is 0.264 e. The molecule has 1 fully saturated rings.